The Hall–Kier alpha value is -2.80. The highest BCUT2D eigenvalue weighted by molar-refractivity contribution is 6.13. The van der Waals surface area contributed by atoms with Gasteiger partial charge in [-0.3, -0.25) is 0 Å². The van der Waals surface area contributed by atoms with E-state index in [0.717, 1.165) is 11.1 Å². The molecule has 0 aliphatic rings. The van der Waals surface area contributed by atoms with Crippen LogP contribution in [0.3, 0.4) is 0 Å². The lowest BCUT2D eigenvalue weighted by Crippen LogP contribution is -1.88. The molecule has 1 heteroatoms. The summed E-state index contributed by atoms with van der Waals surface area (Å²) in [5, 5.41) is 15.0. The van der Waals surface area contributed by atoms with Crippen molar-refractivity contribution in [3.05, 3.63) is 78.4 Å². The smallest absolute Gasteiger partial charge is 0.119 e. The Kier molecular flexibility index (Phi) is 2.87. The average Bonchev–Trinajstić information content (AvgIpc) is 2.55. The third-order valence-electron chi connectivity index (χ3n) is 4.35. The van der Waals surface area contributed by atoms with Crippen LogP contribution in [0.2, 0.25) is 0 Å². The van der Waals surface area contributed by atoms with Gasteiger partial charge in [-0.15, -0.1) is 0 Å². The Bertz CT molecular complexity index is 945. The first-order valence-electron chi connectivity index (χ1n) is 7.45. The zero-order valence-electron chi connectivity index (χ0n) is 12.4. The quantitative estimate of drug-likeness (QED) is 0.446. The van der Waals surface area contributed by atoms with Gasteiger partial charge in [-0.25, -0.2) is 0 Å². The first-order valence-corrected chi connectivity index (χ1v) is 7.45. The lowest BCUT2D eigenvalue weighted by atomic mass is 9.90. The summed E-state index contributed by atoms with van der Waals surface area (Å²) in [5.74, 6) is 0.342. The highest BCUT2D eigenvalue weighted by Crippen LogP contribution is 2.39. The summed E-state index contributed by atoms with van der Waals surface area (Å²) in [6, 6.07) is 24.8. The number of phenolic OH excluding ortho intramolecular Hbond substituents is 1. The topological polar surface area (TPSA) is 20.2 Å². The first kappa shape index (κ1) is 12.9. The molecule has 0 atom stereocenters. The Morgan fingerprint density at radius 3 is 1.91 bits per heavy atom. The molecule has 4 rings (SSSR count). The van der Waals surface area contributed by atoms with Crippen LogP contribution in [0, 0.1) is 6.92 Å². The van der Waals surface area contributed by atoms with Crippen molar-refractivity contribution in [2.75, 3.05) is 0 Å². The molecule has 106 valence electrons. The minimum atomic E-state index is 0.342. The predicted molar refractivity (Wildman–Crippen MR) is 93.3 cm³/mol. The van der Waals surface area contributed by atoms with E-state index in [4.69, 9.17) is 0 Å². The minimum absolute atomic E-state index is 0.342. The van der Waals surface area contributed by atoms with E-state index < -0.39 is 0 Å². The highest BCUT2D eigenvalue weighted by Gasteiger charge is 2.12. The first-order chi connectivity index (χ1) is 10.8. The van der Waals surface area contributed by atoms with Gasteiger partial charge in [-0.05, 0) is 57.3 Å². The van der Waals surface area contributed by atoms with Gasteiger partial charge in [-0.2, -0.15) is 0 Å². The molecule has 22 heavy (non-hydrogen) atoms. The van der Waals surface area contributed by atoms with E-state index in [1.54, 1.807) is 6.07 Å². The number of hydrogen-bond donors (Lipinski definition) is 1. The molecule has 4 aromatic carbocycles. The van der Waals surface area contributed by atoms with Crippen LogP contribution >= 0.6 is 0 Å². The molecule has 4 aromatic rings. The third kappa shape index (κ3) is 1.86. The SMILES string of the molecule is Cc1c(O)cccc1-c1c2ccccc2cc2ccccc12. The standard InChI is InChI=1S/C21H16O/c1-14-17(11-6-12-20(14)22)21-18-9-4-2-7-15(18)13-16-8-3-5-10-19(16)21/h2-13,22H,1H3. The molecular weight excluding hydrogens is 268 g/mol. The Balaban J connectivity index is 2.24. The van der Waals surface area contributed by atoms with E-state index in [0.29, 0.717) is 5.75 Å². The van der Waals surface area contributed by atoms with Gasteiger partial charge in [0.25, 0.3) is 0 Å². The number of phenols is 1. The van der Waals surface area contributed by atoms with Crippen molar-refractivity contribution in [3.8, 4) is 16.9 Å². The minimum Gasteiger partial charge on any atom is -0.508 e. The fourth-order valence-electron chi connectivity index (χ4n) is 3.20. The molecule has 0 heterocycles. The van der Waals surface area contributed by atoms with Crippen molar-refractivity contribution in [2.24, 2.45) is 0 Å². The van der Waals surface area contributed by atoms with E-state index in [1.165, 1.54) is 27.1 Å². The second kappa shape index (κ2) is 4.88. The van der Waals surface area contributed by atoms with E-state index in [9.17, 15) is 5.11 Å². The number of rotatable bonds is 1. The van der Waals surface area contributed by atoms with Crippen molar-refractivity contribution in [2.45, 2.75) is 6.92 Å². The van der Waals surface area contributed by atoms with E-state index in [2.05, 4.69) is 60.7 Å². The molecule has 1 N–H and O–H groups in total. The molecule has 0 amide bonds. The molecule has 0 aliphatic carbocycles. The van der Waals surface area contributed by atoms with Crippen molar-refractivity contribution < 1.29 is 5.11 Å². The molecule has 0 bridgehead atoms. The maximum Gasteiger partial charge on any atom is 0.119 e. The number of hydrogen-bond acceptors (Lipinski definition) is 1. The highest BCUT2D eigenvalue weighted by atomic mass is 16.3. The lowest BCUT2D eigenvalue weighted by molar-refractivity contribution is 0.471. The molecule has 0 fully saturated rings. The Morgan fingerprint density at radius 2 is 1.27 bits per heavy atom. The normalized spacial score (nSPS) is 11.1. The molecular formula is C21H16O. The molecule has 0 spiro atoms. The second-order valence-electron chi connectivity index (χ2n) is 5.64. The monoisotopic (exact) mass is 284 g/mol. The Morgan fingerprint density at radius 1 is 0.682 bits per heavy atom. The zero-order chi connectivity index (χ0) is 15.1. The van der Waals surface area contributed by atoms with Gasteiger partial charge in [0.05, 0.1) is 0 Å². The molecule has 1 nitrogen and oxygen atoms in total. The molecule has 0 aliphatic heterocycles. The van der Waals surface area contributed by atoms with Crippen LogP contribution in [0.25, 0.3) is 32.7 Å². The Labute approximate surface area is 129 Å². The molecule has 0 aromatic heterocycles. The van der Waals surface area contributed by atoms with Crippen molar-refractivity contribution >= 4 is 21.5 Å². The summed E-state index contributed by atoms with van der Waals surface area (Å²) in [6.07, 6.45) is 0. The molecule has 0 saturated carbocycles. The van der Waals surface area contributed by atoms with E-state index >= 15 is 0 Å². The van der Waals surface area contributed by atoms with Gasteiger partial charge >= 0.3 is 0 Å². The van der Waals surface area contributed by atoms with Crippen LogP contribution in [-0.2, 0) is 0 Å². The largest absolute Gasteiger partial charge is 0.508 e. The van der Waals surface area contributed by atoms with Gasteiger partial charge in [0, 0.05) is 0 Å². The third-order valence-corrected chi connectivity index (χ3v) is 4.35. The zero-order valence-corrected chi connectivity index (χ0v) is 12.4. The fourth-order valence-corrected chi connectivity index (χ4v) is 3.20. The summed E-state index contributed by atoms with van der Waals surface area (Å²) in [7, 11) is 0. The maximum atomic E-state index is 10.1. The number of aromatic hydroxyl groups is 1. The number of fused-ring (bicyclic) bond motifs is 2. The van der Waals surface area contributed by atoms with Crippen LogP contribution in [0.5, 0.6) is 5.75 Å². The van der Waals surface area contributed by atoms with Gasteiger partial charge in [0.2, 0.25) is 0 Å². The van der Waals surface area contributed by atoms with Gasteiger partial charge in [0.1, 0.15) is 5.75 Å². The molecule has 0 saturated heterocycles. The van der Waals surface area contributed by atoms with Crippen LogP contribution in [0.15, 0.2) is 72.8 Å². The van der Waals surface area contributed by atoms with Crippen LogP contribution in [0.4, 0.5) is 0 Å². The van der Waals surface area contributed by atoms with Crippen LogP contribution < -0.4 is 0 Å². The van der Waals surface area contributed by atoms with Crippen molar-refractivity contribution in [1.82, 2.24) is 0 Å². The van der Waals surface area contributed by atoms with E-state index in [1.807, 2.05) is 13.0 Å². The van der Waals surface area contributed by atoms with Gasteiger partial charge in [0.15, 0.2) is 0 Å². The second-order valence-corrected chi connectivity index (χ2v) is 5.64. The molecule has 0 unspecified atom stereocenters. The maximum absolute atomic E-state index is 10.1. The van der Waals surface area contributed by atoms with Crippen molar-refractivity contribution in [1.29, 1.82) is 0 Å². The fraction of sp³-hybridized carbons (Fsp3) is 0.0476. The molecule has 0 radical (unpaired) electrons. The summed E-state index contributed by atoms with van der Waals surface area (Å²) in [6.45, 7) is 1.97. The van der Waals surface area contributed by atoms with E-state index in [-0.39, 0.29) is 0 Å². The summed E-state index contributed by atoms with van der Waals surface area (Å²) in [5.41, 5.74) is 3.21. The van der Waals surface area contributed by atoms with Gasteiger partial charge < -0.3 is 5.11 Å². The lowest BCUT2D eigenvalue weighted by Gasteiger charge is -2.14. The summed E-state index contributed by atoms with van der Waals surface area (Å²) < 4.78 is 0. The summed E-state index contributed by atoms with van der Waals surface area (Å²) >= 11 is 0. The van der Waals surface area contributed by atoms with Crippen molar-refractivity contribution in [3.63, 3.8) is 0 Å². The predicted octanol–water partition coefficient (Wildman–Crippen LogP) is 5.67. The van der Waals surface area contributed by atoms with Crippen LogP contribution in [-0.4, -0.2) is 5.11 Å². The summed E-state index contributed by atoms with van der Waals surface area (Å²) in [4.78, 5) is 0. The van der Waals surface area contributed by atoms with Crippen LogP contribution in [0.1, 0.15) is 5.56 Å². The average molecular weight is 284 g/mol. The number of benzene rings is 4. The van der Waals surface area contributed by atoms with Gasteiger partial charge in [-0.1, -0.05) is 60.7 Å².